The van der Waals surface area contributed by atoms with Crippen LogP contribution in [0.5, 0.6) is 11.5 Å². The highest BCUT2D eigenvalue weighted by Crippen LogP contribution is 2.24. The van der Waals surface area contributed by atoms with Gasteiger partial charge < -0.3 is 10.2 Å². The first-order valence-electron chi connectivity index (χ1n) is 7.93. The third-order valence-corrected chi connectivity index (χ3v) is 3.66. The number of Topliss-reactive ketones (excluding diaryl/α,β-unsaturated/α-hetero) is 1. The second kappa shape index (κ2) is 7.90. The molecule has 2 N–H and O–H groups in total. The van der Waals surface area contributed by atoms with E-state index in [1.165, 1.54) is 18.3 Å². The molecule has 0 saturated carbocycles. The van der Waals surface area contributed by atoms with Crippen LogP contribution < -0.4 is 0 Å². The first-order chi connectivity index (χ1) is 12.6. The van der Waals surface area contributed by atoms with Crippen LogP contribution >= 0.6 is 0 Å². The van der Waals surface area contributed by atoms with Crippen molar-refractivity contribution in [3.05, 3.63) is 95.6 Å². The molecule has 0 spiro atoms. The molecule has 0 saturated heterocycles. The van der Waals surface area contributed by atoms with Crippen LogP contribution in [-0.2, 0) is 0 Å². The molecule has 0 aromatic heterocycles. The van der Waals surface area contributed by atoms with Crippen LogP contribution in [0.1, 0.15) is 21.5 Å². The maximum Gasteiger partial charge on any atom is 0.213 e. The summed E-state index contributed by atoms with van der Waals surface area (Å²) in [6.07, 6.45) is 1.40. The van der Waals surface area contributed by atoms with Crippen molar-refractivity contribution in [2.45, 2.75) is 0 Å². The zero-order valence-corrected chi connectivity index (χ0v) is 13.8. The van der Waals surface area contributed by atoms with Crippen molar-refractivity contribution >= 4 is 17.7 Å². The number of aromatic hydroxyl groups is 2. The second-order valence-corrected chi connectivity index (χ2v) is 5.50. The van der Waals surface area contributed by atoms with Crippen molar-refractivity contribution in [1.29, 1.82) is 0 Å². The number of hydrogen-bond acceptors (Lipinski definition) is 5. The van der Waals surface area contributed by atoms with E-state index < -0.39 is 0 Å². The largest absolute Gasteiger partial charge is 0.504 e. The smallest absolute Gasteiger partial charge is 0.213 e. The van der Waals surface area contributed by atoms with Crippen molar-refractivity contribution in [3.63, 3.8) is 0 Å². The Hall–Kier alpha value is -3.73. The lowest BCUT2D eigenvalue weighted by Crippen LogP contribution is -2.15. The molecular weight excluding hydrogens is 328 g/mol. The zero-order valence-electron chi connectivity index (χ0n) is 13.8. The molecule has 128 valence electrons. The molecule has 0 aliphatic rings. The first-order valence-corrected chi connectivity index (χ1v) is 7.93. The summed E-state index contributed by atoms with van der Waals surface area (Å²) in [6.45, 7) is 0. The van der Waals surface area contributed by atoms with E-state index >= 15 is 0 Å². The molecule has 3 aromatic rings. The van der Waals surface area contributed by atoms with E-state index in [0.717, 1.165) is 0 Å². The van der Waals surface area contributed by atoms with Crippen LogP contribution in [0, 0.1) is 0 Å². The summed E-state index contributed by atoms with van der Waals surface area (Å²) in [4.78, 5) is 12.8. The predicted molar refractivity (Wildman–Crippen MR) is 101 cm³/mol. The van der Waals surface area contributed by atoms with Gasteiger partial charge in [0, 0.05) is 11.1 Å². The van der Waals surface area contributed by atoms with Crippen molar-refractivity contribution < 1.29 is 15.0 Å². The van der Waals surface area contributed by atoms with Crippen LogP contribution in [0.25, 0.3) is 0 Å². The summed E-state index contributed by atoms with van der Waals surface area (Å²) in [7, 11) is 0. The molecule has 0 aliphatic carbocycles. The molecule has 5 heteroatoms. The SMILES string of the molecule is O=C(/C(=N/N=C/c1ccc(O)c(O)c1)c1ccccc1)c1ccccc1. The van der Waals surface area contributed by atoms with Crippen molar-refractivity contribution in [3.8, 4) is 11.5 Å². The van der Waals surface area contributed by atoms with E-state index in [2.05, 4.69) is 10.2 Å². The normalized spacial score (nSPS) is 11.6. The van der Waals surface area contributed by atoms with E-state index in [1.807, 2.05) is 24.3 Å². The fourth-order valence-corrected chi connectivity index (χ4v) is 2.33. The Morgan fingerprint density at radius 3 is 2.00 bits per heavy atom. The number of carbonyl (C=O) groups excluding carboxylic acids is 1. The molecule has 26 heavy (non-hydrogen) atoms. The summed E-state index contributed by atoms with van der Waals surface area (Å²) in [5, 5.41) is 27.0. The van der Waals surface area contributed by atoms with Gasteiger partial charge in [-0.05, 0) is 23.8 Å². The van der Waals surface area contributed by atoms with Gasteiger partial charge in [-0.1, -0.05) is 60.7 Å². The minimum atomic E-state index is -0.249. The highest BCUT2D eigenvalue weighted by molar-refractivity contribution is 6.51. The van der Waals surface area contributed by atoms with E-state index in [-0.39, 0.29) is 23.0 Å². The molecule has 3 rings (SSSR count). The predicted octanol–water partition coefficient (Wildman–Crippen LogP) is 3.80. The van der Waals surface area contributed by atoms with E-state index in [4.69, 9.17) is 0 Å². The summed E-state index contributed by atoms with van der Waals surface area (Å²) in [5.74, 6) is -0.695. The molecule has 0 atom stereocenters. The lowest BCUT2D eigenvalue weighted by atomic mass is 10.0. The molecule has 0 aliphatic heterocycles. The maximum absolute atomic E-state index is 12.8. The van der Waals surface area contributed by atoms with Gasteiger partial charge in [-0.2, -0.15) is 5.10 Å². The quantitative estimate of drug-likeness (QED) is 0.320. The van der Waals surface area contributed by atoms with Gasteiger partial charge in [0.25, 0.3) is 0 Å². The molecule has 0 radical (unpaired) electrons. The van der Waals surface area contributed by atoms with Gasteiger partial charge >= 0.3 is 0 Å². The molecule has 5 nitrogen and oxygen atoms in total. The van der Waals surface area contributed by atoms with Gasteiger partial charge in [-0.25, -0.2) is 0 Å². The van der Waals surface area contributed by atoms with Crippen LogP contribution in [-0.4, -0.2) is 27.9 Å². The van der Waals surface area contributed by atoms with Crippen LogP contribution in [0.2, 0.25) is 0 Å². The zero-order chi connectivity index (χ0) is 18.4. The highest BCUT2D eigenvalue weighted by Gasteiger charge is 2.15. The second-order valence-electron chi connectivity index (χ2n) is 5.50. The van der Waals surface area contributed by atoms with Crippen LogP contribution in [0.3, 0.4) is 0 Å². The average Bonchev–Trinajstić information content (AvgIpc) is 2.69. The van der Waals surface area contributed by atoms with E-state index in [1.54, 1.807) is 42.5 Å². The number of nitrogens with zero attached hydrogens (tertiary/aromatic N) is 2. The summed E-state index contributed by atoms with van der Waals surface area (Å²) < 4.78 is 0. The monoisotopic (exact) mass is 344 g/mol. The molecule has 0 amide bonds. The van der Waals surface area contributed by atoms with Crippen molar-refractivity contribution in [1.82, 2.24) is 0 Å². The Bertz CT molecular complexity index is 965. The van der Waals surface area contributed by atoms with Crippen LogP contribution in [0.15, 0.2) is 89.1 Å². The van der Waals surface area contributed by atoms with Crippen LogP contribution in [0.4, 0.5) is 0 Å². The van der Waals surface area contributed by atoms with Gasteiger partial charge in [0.2, 0.25) is 5.78 Å². The Morgan fingerprint density at radius 2 is 1.38 bits per heavy atom. The lowest BCUT2D eigenvalue weighted by Gasteiger charge is -2.04. The third kappa shape index (κ3) is 4.02. The maximum atomic E-state index is 12.8. The van der Waals surface area contributed by atoms with Gasteiger partial charge in [0.05, 0.1) is 6.21 Å². The number of phenols is 2. The molecule has 0 bridgehead atoms. The number of ketones is 1. The van der Waals surface area contributed by atoms with Crippen molar-refractivity contribution in [2.24, 2.45) is 10.2 Å². The fraction of sp³-hybridized carbons (Fsp3) is 0. The van der Waals surface area contributed by atoms with E-state index in [9.17, 15) is 15.0 Å². The molecule has 3 aromatic carbocycles. The highest BCUT2D eigenvalue weighted by atomic mass is 16.3. The third-order valence-electron chi connectivity index (χ3n) is 3.66. The van der Waals surface area contributed by atoms with Gasteiger partial charge in [0.15, 0.2) is 11.5 Å². The topological polar surface area (TPSA) is 82.2 Å². The van der Waals surface area contributed by atoms with Gasteiger partial charge in [0.1, 0.15) is 5.71 Å². The van der Waals surface area contributed by atoms with Gasteiger partial charge in [-0.15, -0.1) is 5.10 Å². The van der Waals surface area contributed by atoms with E-state index in [0.29, 0.717) is 16.7 Å². The Morgan fingerprint density at radius 1 is 0.769 bits per heavy atom. The molecule has 0 fully saturated rings. The Labute approximate surface area is 150 Å². The number of rotatable bonds is 5. The summed E-state index contributed by atoms with van der Waals surface area (Å²) in [6, 6.07) is 22.3. The number of carbonyl (C=O) groups is 1. The summed E-state index contributed by atoms with van der Waals surface area (Å²) in [5.41, 5.74) is 1.94. The average molecular weight is 344 g/mol. The first kappa shape index (κ1) is 17.1. The standard InChI is InChI=1S/C21H16N2O3/c24-18-12-11-15(13-19(18)25)14-22-23-20(16-7-3-1-4-8-16)21(26)17-9-5-2-6-10-17/h1-14,24-25H/b22-14+,23-20+. The number of benzene rings is 3. The van der Waals surface area contributed by atoms with Crippen molar-refractivity contribution in [2.75, 3.05) is 0 Å². The molecular formula is C21H16N2O3. The number of phenolic OH excluding ortho intramolecular Hbond substituents is 2. The van der Waals surface area contributed by atoms with Gasteiger partial charge in [-0.3, -0.25) is 4.79 Å². The lowest BCUT2D eigenvalue weighted by molar-refractivity contribution is 0.106. The minimum Gasteiger partial charge on any atom is -0.504 e. The Kier molecular flexibility index (Phi) is 5.19. The Balaban J connectivity index is 1.95. The number of hydrogen-bond donors (Lipinski definition) is 2. The fourth-order valence-electron chi connectivity index (χ4n) is 2.33. The molecule has 0 unspecified atom stereocenters. The summed E-state index contributed by atoms with van der Waals surface area (Å²) >= 11 is 0. The molecule has 0 heterocycles. The minimum absolute atomic E-state index is 0.213.